The number of anilines is 1. The number of carbonyl (C=O) groups is 1. The molecule has 6 nitrogen and oxygen atoms in total. The maximum absolute atomic E-state index is 11.6. The van der Waals surface area contributed by atoms with E-state index in [-0.39, 0.29) is 5.78 Å². The standard InChI is InChI=1S/C18H15N5OS/c1-12(24)14-5-2-6-15(8-14)16-11-21-18-23(16)22-17(25-18)20-10-13-4-3-7-19-9-13/h2-9,11H,10H2,1H3,(H,20,22). The van der Waals surface area contributed by atoms with E-state index in [2.05, 4.69) is 20.4 Å². The second-order valence-electron chi connectivity index (χ2n) is 5.60. The monoisotopic (exact) mass is 349 g/mol. The van der Waals surface area contributed by atoms with Crippen molar-refractivity contribution in [3.8, 4) is 11.3 Å². The first-order chi connectivity index (χ1) is 12.2. The van der Waals surface area contributed by atoms with Crippen molar-refractivity contribution in [2.45, 2.75) is 13.5 Å². The van der Waals surface area contributed by atoms with E-state index >= 15 is 0 Å². The molecule has 0 amide bonds. The highest BCUT2D eigenvalue weighted by molar-refractivity contribution is 7.20. The number of aromatic nitrogens is 4. The molecule has 0 radical (unpaired) electrons. The van der Waals surface area contributed by atoms with Crippen molar-refractivity contribution in [3.05, 3.63) is 66.1 Å². The second kappa shape index (κ2) is 6.45. The van der Waals surface area contributed by atoms with E-state index in [0.29, 0.717) is 12.1 Å². The minimum Gasteiger partial charge on any atom is -0.356 e. The van der Waals surface area contributed by atoms with Crippen LogP contribution in [0.3, 0.4) is 0 Å². The van der Waals surface area contributed by atoms with E-state index in [9.17, 15) is 4.79 Å². The van der Waals surface area contributed by atoms with Crippen molar-refractivity contribution in [2.24, 2.45) is 0 Å². The van der Waals surface area contributed by atoms with Gasteiger partial charge in [-0.3, -0.25) is 9.78 Å². The molecular formula is C18H15N5OS. The molecule has 0 saturated heterocycles. The molecule has 4 rings (SSSR count). The van der Waals surface area contributed by atoms with Crippen molar-refractivity contribution < 1.29 is 4.79 Å². The van der Waals surface area contributed by atoms with E-state index in [1.165, 1.54) is 11.3 Å². The van der Waals surface area contributed by atoms with E-state index in [0.717, 1.165) is 26.9 Å². The lowest BCUT2D eigenvalue weighted by Gasteiger charge is -2.02. The van der Waals surface area contributed by atoms with Gasteiger partial charge in [0.1, 0.15) is 0 Å². The number of pyridine rings is 1. The third kappa shape index (κ3) is 3.14. The number of hydrogen-bond acceptors (Lipinski definition) is 6. The quantitative estimate of drug-likeness (QED) is 0.557. The van der Waals surface area contributed by atoms with Gasteiger partial charge in [0.25, 0.3) is 0 Å². The van der Waals surface area contributed by atoms with Crippen molar-refractivity contribution in [1.82, 2.24) is 19.6 Å². The number of nitrogens with one attached hydrogen (secondary N) is 1. The normalized spacial score (nSPS) is 10.9. The lowest BCUT2D eigenvalue weighted by atomic mass is 10.1. The van der Waals surface area contributed by atoms with Crippen LogP contribution in [0.4, 0.5) is 5.13 Å². The first kappa shape index (κ1) is 15.5. The van der Waals surface area contributed by atoms with Gasteiger partial charge in [0.05, 0.1) is 11.9 Å². The number of imidazole rings is 1. The third-order valence-electron chi connectivity index (χ3n) is 3.82. The van der Waals surface area contributed by atoms with Crippen LogP contribution in [0, 0.1) is 0 Å². The van der Waals surface area contributed by atoms with Crippen LogP contribution in [-0.4, -0.2) is 25.4 Å². The van der Waals surface area contributed by atoms with E-state index in [1.807, 2.05) is 42.6 Å². The van der Waals surface area contributed by atoms with Crippen molar-refractivity contribution in [2.75, 3.05) is 5.32 Å². The zero-order chi connectivity index (χ0) is 17.2. The lowest BCUT2D eigenvalue weighted by Crippen LogP contribution is -2.00. The number of ketones is 1. The van der Waals surface area contributed by atoms with Crippen LogP contribution in [0.15, 0.2) is 55.0 Å². The largest absolute Gasteiger partial charge is 0.356 e. The summed E-state index contributed by atoms with van der Waals surface area (Å²) in [5, 5.41) is 8.68. The molecule has 3 aromatic heterocycles. The number of nitrogens with zero attached hydrogens (tertiary/aromatic N) is 4. The molecular weight excluding hydrogens is 334 g/mol. The van der Waals surface area contributed by atoms with Gasteiger partial charge < -0.3 is 5.32 Å². The summed E-state index contributed by atoms with van der Waals surface area (Å²) in [6.45, 7) is 2.22. The van der Waals surface area contributed by atoms with Gasteiger partial charge >= 0.3 is 0 Å². The Morgan fingerprint density at radius 3 is 2.96 bits per heavy atom. The van der Waals surface area contributed by atoms with Gasteiger partial charge in [-0.05, 0) is 24.6 Å². The van der Waals surface area contributed by atoms with Crippen molar-refractivity contribution in [1.29, 1.82) is 0 Å². The molecule has 4 aromatic rings. The van der Waals surface area contributed by atoms with Gasteiger partial charge in [-0.2, -0.15) is 0 Å². The van der Waals surface area contributed by atoms with Gasteiger partial charge in [0, 0.05) is 30.1 Å². The second-order valence-corrected chi connectivity index (χ2v) is 6.55. The molecule has 0 aliphatic heterocycles. The molecule has 1 N–H and O–H groups in total. The Bertz CT molecular complexity index is 1040. The third-order valence-corrected chi connectivity index (χ3v) is 4.70. The summed E-state index contributed by atoms with van der Waals surface area (Å²) in [5.74, 6) is 0.0414. The summed E-state index contributed by atoms with van der Waals surface area (Å²) in [6.07, 6.45) is 5.36. The number of Topliss-reactive ketones (excluding diaryl/α,β-unsaturated/α-hetero) is 1. The maximum atomic E-state index is 11.6. The first-order valence-electron chi connectivity index (χ1n) is 7.79. The number of hydrogen-bond donors (Lipinski definition) is 1. The van der Waals surface area contributed by atoms with Crippen molar-refractivity contribution >= 4 is 27.2 Å². The zero-order valence-electron chi connectivity index (χ0n) is 13.5. The Morgan fingerprint density at radius 1 is 1.24 bits per heavy atom. The number of carbonyl (C=O) groups excluding carboxylic acids is 1. The molecule has 1 aromatic carbocycles. The molecule has 0 aliphatic carbocycles. The highest BCUT2D eigenvalue weighted by Gasteiger charge is 2.12. The fourth-order valence-electron chi connectivity index (χ4n) is 2.54. The van der Waals surface area contributed by atoms with Gasteiger partial charge in [-0.1, -0.05) is 35.6 Å². The van der Waals surface area contributed by atoms with Crippen LogP contribution in [0.1, 0.15) is 22.8 Å². The molecule has 0 fully saturated rings. The minimum atomic E-state index is 0.0414. The maximum Gasteiger partial charge on any atom is 0.214 e. The van der Waals surface area contributed by atoms with Gasteiger partial charge in [0.2, 0.25) is 10.1 Å². The van der Waals surface area contributed by atoms with Crippen LogP contribution in [0.2, 0.25) is 0 Å². The Hall–Kier alpha value is -3.06. The molecule has 0 aliphatic rings. The topological polar surface area (TPSA) is 72.2 Å². The molecule has 0 saturated carbocycles. The summed E-state index contributed by atoms with van der Waals surface area (Å²) < 4.78 is 1.80. The summed E-state index contributed by atoms with van der Waals surface area (Å²) in [7, 11) is 0. The predicted molar refractivity (Wildman–Crippen MR) is 97.9 cm³/mol. The number of rotatable bonds is 5. The zero-order valence-corrected chi connectivity index (χ0v) is 14.3. The predicted octanol–water partition coefficient (Wildman–Crippen LogP) is 3.67. The molecule has 0 unspecified atom stereocenters. The Kier molecular flexibility index (Phi) is 3.99. The van der Waals surface area contributed by atoms with Crippen molar-refractivity contribution in [3.63, 3.8) is 0 Å². The molecule has 7 heteroatoms. The lowest BCUT2D eigenvalue weighted by molar-refractivity contribution is 0.101. The fraction of sp³-hybridized carbons (Fsp3) is 0.111. The average molecular weight is 349 g/mol. The summed E-state index contributed by atoms with van der Waals surface area (Å²) >= 11 is 1.48. The van der Waals surface area contributed by atoms with E-state index in [4.69, 9.17) is 0 Å². The first-order valence-corrected chi connectivity index (χ1v) is 8.61. The molecule has 124 valence electrons. The highest BCUT2D eigenvalue weighted by Crippen LogP contribution is 2.26. The molecule has 0 atom stereocenters. The van der Waals surface area contributed by atoms with Crippen LogP contribution in [0.25, 0.3) is 16.2 Å². The SMILES string of the molecule is CC(=O)c1cccc(-c2cnc3sc(NCc4cccnc4)nn23)c1. The minimum absolute atomic E-state index is 0.0414. The van der Waals surface area contributed by atoms with Crippen LogP contribution in [0.5, 0.6) is 0 Å². The van der Waals surface area contributed by atoms with Crippen LogP contribution in [-0.2, 0) is 6.54 Å². The number of benzene rings is 1. The summed E-state index contributed by atoms with van der Waals surface area (Å²) in [4.78, 5) is 20.9. The van der Waals surface area contributed by atoms with Gasteiger partial charge in [-0.25, -0.2) is 9.50 Å². The summed E-state index contributed by atoms with van der Waals surface area (Å²) in [6, 6.07) is 11.4. The van der Waals surface area contributed by atoms with Crippen LogP contribution >= 0.6 is 11.3 Å². The fourth-order valence-corrected chi connectivity index (χ4v) is 3.31. The molecule has 25 heavy (non-hydrogen) atoms. The molecule has 0 bridgehead atoms. The van der Waals surface area contributed by atoms with E-state index in [1.54, 1.807) is 23.8 Å². The van der Waals surface area contributed by atoms with E-state index < -0.39 is 0 Å². The highest BCUT2D eigenvalue weighted by atomic mass is 32.1. The Balaban J connectivity index is 1.62. The number of fused-ring (bicyclic) bond motifs is 1. The molecule has 0 spiro atoms. The summed E-state index contributed by atoms with van der Waals surface area (Å²) in [5.41, 5.74) is 3.55. The Morgan fingerprint density at radius 2 is 2.16 bits per heavy atom. The average Bonchev–Trinajstić information content (AvgIpc) is 3.21. The smallest absolute Gasteiger partial charge is 0.214 e. The van der Waals surface area contributed by atoms with Crippen LogP contribution < -0.4 is 5.32 Å². The molecule has 3 heterocycles. The van der Waals surface area contributed by atoms with Gasteiger partial charge in [-0.15, -0.1) is 5.10 Å². The van der Waals surface area contributed by atoms with Gasteiger partial charge in [0.15, 0.2) is 5.78 Å². The Labute approximate surface area is 148 Å².